The lowest BCUT2D eigenvalue weighted by Gasteiger charge is -2.32. The number of piperidine rings is 1. The van der Waals surface area contributed by atoms with Crippen molar-refractivity contribution in [3.63, 3.8) is 0 Å². The molecule has 1 aliphatic heterocycles. The number of rotatable bonds is 2. The summed E-state index contributed by atoms with van der Waals surface area (Å²) in [5.41, 5.74) is 1.51. The monoisotopic (exact) mass is 299 g/mol. The van der Waals surface area contributed by atoms with Crippen LogP contribution in [0.5, 0.6) is 5.75 Å². The van der Waals surface area contributed by atoms with Crippen molar-refractivity contribution in [3.8, 4) is 5.75 Å². The molecule has 1 amide bonds. The molecule has 0 unspecified atom stereocenters. The summed E-state index contributed by atoms with van der Waals surface area (Å²) in [6.45, 7) is 1.30. The topological polar surface area (TPSA) is 40.5 Å². The first kappa shape index (κ1) is 14.6. The normalized spacial score (nSPS) is 15.8. The molecule has 114 valence electrons. The van der Waals surface area contributed by atoms with Gasteiger partial charge in [-0.3, -0.25) is 4.79 Å². The molecule has 1 fully saturated rings. The Hall–Kier alpha value is -2.36. The summed E-state index contributed by atoms with van der Waals surface area (Å²) >= 11 is 0. The zero-order chi connectivity index (χ0) is 15.5. The van der Waals surface area contributed by atoms with Gasteiger partial charge in [0.25, 0.3) is 5.91 Å². The number of halogens is 1. The molecule has 0 saturated carbocycles. The molecule has 2 aromatic rings. The smallest absolute Gasteiger partial charge is 0.253 e. The quantitative estimate of drug-likeness (QED) is 0.921. The summed E-state index contributed by atoms with van der Waals surface area (Å²) in [4.78, 5) is 14.1. The van der Waals surface area contributed by atoms with Gasteiger partial charge >= 0.3 is 0 Å². The van der Waals surface area contributed by atoms with Crippen LogP contribution in [0.4, 0.5) is 4.39 Å². The summed E-state index contributed by atoms with van der Waals surface area (Å²) in [5.74, 6) is 0.119. The van der Waals surface area contributed by atoms with Crippen molar-refractivity contribution in [1.29, 1.82) is 0 Å². The first-order chi connectivity index (χ1) is 10.6. The van der Waals surface area contributed by atoms with E-state index >= 15 is 0 Å². The average molecular weight is 299 g/mol. The molecule has 2 aromatic carbocycles. The fraction of sp³-hybridized carbons (Fsp3) is 0.278. The Labute approximate surface area is 129 Å². The second kappa shape index (κ2) is 6.18. The molecule has 1 N–H and O–H groups in total. The van der Waals surface area contributed by atoms with Crippen LogP contribution in [0.25, 0.3) is 0 Å². The van der Waals surface area contributed by atoms with Gasteiger partial charge < -0.3 is 10.0 Å². The maximum atomic E-state index is 13.2. The number of aromatic hydroxyl groups is 1. The van der Waals surface area contributed by atoms with Crippen LogP contribution in [0, 0.1) is 5.82 Å². The number of benzene rings is 2. The second-order valence-electron chi connectivity index (χ2n) is 5.67. The Morgan fingerprint density at radius 2 is 1.82 bits per heavy atom. The van der Waals surface area contributed by atoms with Gasteiger partial charge in [-0.2, -0.15) is 0 Å². The first-order valence-electron chi connectivity index (χ1n) is 7.47. The molecular formula is C18H18FNO2. The highest BCUT2D eigenvalue weighted by molar-refractivity contribution is 5.94. The van der Waals surface area contributed by atoms with E-state index in [1.165, 1.54) is 12.1 Å². The van der Waals surface area contributed by atoms with Gasteiger partial charge in [0.1, 0.15) is 11.6 Å². The van der Waals surface area contributed by atoms with E-state index in [0.29, 0.717) is 24.6 Å². The maximum absolute atomic E-state index is 13.2. The molecule has 1 saturated heterocycles. The third kappa shape index (κ3) is 3.11. The number of carbonyl (C=O) groups is 1. The molecule has 1 heterocycles. The Balaban J connectivity index is 1.65. The lowest BCUT2D eigenvalue weighted by atomic mass is 9.89. The third-order valence-corrected chi connectivity index (χ3v) is 4.20. The van der Waals surface area contributed by atoms with E-state index in [1.807, 2.05) is 12.1 Å². The molecule has 1 aliphatic rings. The van der Waals surface area contributed by atoms with E-state index < -0.39 is 0 Å². The molecule has 0 atom stereocenters. The zero-order valence-electron chi connectivity index (χ0n) is 12.2. The summed E-state index contributed by atoms with van der Waals surface area (Å²) < 4.78 is 13.2. The highest BCUT2D eigenvalue weighted by Crippen LogP contribution is 2.30. The standard InChI is InChI=1S/C18H18FNO2/c19-16-5-1-4-15(11-16)18(22)20-9-7-13(8-10-20)14-3-2-6-17(21)12-14/h1-6,11-13,21H,7-10H2. The van der Waals surface area contributed by atoms with Crippen molar-refractivity contribution in [2.45, 2.75) is 18.8 Å². The van der Waals surface area contributed by atoms with Crippen molar-refractivity contribution in [2.24, 2.45) is 0 Å². The summed E-state index contributed by atoms with van der Waals surface area (Å²) in [6.07, 6.45) is 1.70. The lowest BCUT2D eigenvalue weighted by Crippen LogP contribution is -2.37. The SMILES string of the molecule is O=C(c1cccc(F)c1)N1CCC(c2cccc(O)c2)CC1. The van der Waals surface area contributed by atoms with Crippen molar-refractivity contribution in [2.75, 3.05) is 13.1 Å². The van der Waals surface area contributed by atoms with Crippen LogP contribution in [-0.4, -0.2) is 29.0 Å². The lowest BCUT2D eigenvalue weighted by molar-refractivity contribution is 0.0712. The van der Waals surface area contributed by atoms with Gasteiger partial charge in [-0.25, -0.2) is 4.39 Å². The number of carbonyl (C=O) groups excluding carboxylic acids is 1. The predicted molar refractivity (Wildman–Crippen MR) is 82.4 cm³/mol. The van der Waals surface area contributed by atoms with E-state index in [-0.39, 0.29) is 17.5 Å². The fourth-order valence-electron chi connectivity index (χ4n) is 3.00. The Morgan fingerprint density at radius 1 is 1.09 bits per heavy atom. The van der Waals surface area contributed by atoms with Crippen molar-refractivity contribution < 1.29 is 14.3 Å². The van der Waals surface area contributed by atoms with E-state index in [1.54, 1.807) is 29.2 Å². The molecule has 3 rings (SSSR count). The minimum absolute atomic E-state index is 0.117. The van der Waals surface area contributed by atoms with Gasteiger partial charge in [-0.15, -0.1) is 0 Å². The van der Waals surface area contributed by atoms with E-state index in [0.717, 1.165) is 18.4 Å². The molecule has 0 spiro atoms. The Morgan fingerprint density at radius 3 is 2.50 bits per heavy atom. The van der Waals surface area contributed by atoms with Gasteiger partial charge in [0.05, 0.1) is 0 Å². The number of hydrogen-bond donors (Lipinski definition) is 1. The Kier molecular flexibility index (Phi) is 4.09. The molecular weight excluding hydrogens is 281 g/mol. The van der Waals surface area contributed by atoms with Crippen LogP contribution in [0.2, 0.25) is 0 Å². The highest BCUT2D eigenvalue weighted by atomic mass is 19.1. The number of phenolic OH excluding ortho intramolecular Hbond substituents is 1. The van der Waals surface area contributed by atoms with Crippen molar-refractivity contribution in [3.05, 3.63) is 65.5 Å². The van der Waals surface area contributed by atoms with Gasteiger partial charge in [-0.1, -0.05) is 18.2 Å². The second-order valence-corrected chi connectivity index (χ2v) is 5.67. The predicted octanol–water partition coefficient (Wildman–Crippen LogP) is 3.55. The average Bonchev–Trinajstić information content (AvgIpc) is 2.54. The van der Waals surface area contributed by atoms with Gasteiger partial charge in [0.2, 0.25) is 0 Å². The number of likely N-dealkylation sites (tertiary alicyclic amines) is 1. The maximum Gasteiger partial charge on any atom is 0.253 e. The number of nitrogens with zero attached hydrogens (tertiary/aromatic N) is 1. The number of hydrogen-bond acceptors (Lipinski definition) is 2. The van der Waals surface area contributed by atoms with Crippen LogP contribution in [-0.2, 0) is 0 Å². The summed E-state index contributed by atoms with van der Waals surface area (Å²) in [5, 5.41) is 9.56. The van der Waals surface area contributed by atoms with Gasteiger partial charge in [0, 0.05) is 18.7 Å². The summed E-state index contributed by atoms with van der Waals surface area (Å²) in [7, 11) is 0. The molecule has 3 nitrogen and oxygen atoms in total. The van der Waals surface area contributed by atoms with E-state index in [2.05, 4.69) is 0 Å². The van der Waals surface area contributed by atoms with Crippen LogP contribution < -0.4 is 0 Å². The minimum atomic E-state index is -0.388. The first-order valence-corrected chi connectivity index (χ1v) is 7.47. The molecule has 4 heteroatoms. The molecule has 0 aliphatic carbocycles. The van der Waals surface area contributed by atoms with Crippen LogP contribution in [0.1, 0.15) is 34.7 Å². The van der Waals surface area contributed by atoms with Crippen LogP contribution >= 0.6 is 0 Å². The van der Waals surface area contributed by atoms with Crippen LogP contribution in [0.3, 0.4) is 0 Å². The van der Waals surface area contributed by atoms with Crippen molar-refractivity contribution in [1.82, 2.24) is 4.90 Å². The van der Waals surface area contributed by atoms with E-state index in [4.69, 9.17) is 0 Å². The van der Waals surface area contributed by atoms with Gasteiger partial charge in [-0.05, 0) is 54.7 Å². The van der Waals surface area contributed by atoms with E-state index in [9.17, 15) is 14.3 Å². The molecule has 0 radical (unpaired) electrons. The van der Waals surface area contributed by atoms with Crippen LogP contribution in [0.15, 0.2) is 48.5 Å². The number of phenols is 1. The molecule has 0 aromatic heterocycles. The third-order valence-electron chi connectivity index (χ3n) is 4.20. The summed E-state index contributed by atoms with van der Waals surface area (Å²) in [6, 6.07) is 13.1. The van der Waals surface area contributed by atoms with Crippen molar-refractivity contribution >= 4 is 5.91 Å². The van der Waals surface area contributed by atoms with Gasteiger partial charge in [0.15, 0.2) is 0 Å². The molecule has 0 bridgehead atoms. The largest absolute Gasteiger partial charge is 0.508 e. The molecule has 22 heavy (non-hydrogen) atoms. The zero-order valence-corrected chi connectivity index (χ0v) is 12.2. The minimum Gasteiger partial charge on any atom is -0.508 e. The highest BCUT2D eigenvalue weighted by Gasteiger charge is 2.24. The number of amides is 1. The fourth-order valence-corrected chi connectivity index (χ4v) is 3.00. The Bertz CT molecular complexity index is 678.